The van der Waals surface area contributed by atoms with Gasteiger partial charge in [0.25, 0.3) is 0 Å². The molecule has 3 aliphatic rings. The van der Waals surface area contributed by atoms with Gasteiger partial charge < -0.3 is 105 Å². The van der Waals surface area contributed by atoms with Crippen molar-refractivity contribution < 1.29 is 100 Å². The Morgan fingerprint density at radius 3 is 1.94 bits per heavy atom. The van der Waals surface area contributed by atoms with Crippen molar-refractivity contribution in [2.75, 3.05) is 123 Å². The lowest BCUT2D eigenvalue weighted by atomic mass is 9.87. The molecule has 3 aliphatic heterocycles. The molecule has 31 heteroatoms. The number of ether oxygens (including phenoxy) is 11. The summed E-state index contributed by atoms with van der Waals surface area (Å²) in [6.45, 7) is 17.5. The van der Waals surface area contributed by atoms with E-state index in [4.69, 9.17) is 57.8 Å². The lowest BCUT2D eigenvalue weighted by Gasteiger charge is -2.39. The molecule has 3 heterocycles. The first-order valence-electron chi connectivity index (χ1n) is 33.1. The van der Waals surface area contributed by atoms with Crippen LogP contribution in [-0.2, 0) is 92.3 Å². The molecule has 0 aliphatic carbocycles. The number of anilines is 1. The highest BCUT2D eigenvalue weighted by Crippen LogP contribution is 2.43. The first-order chi connectivity index (χ1) is 46.5. The van der Waals surface area contributed by atoms with Crippen LogP contribution in [0.15, 0.2) is 60.2 Å². The molecule has 0 aromatic heterocycles. The maximum atomic E-state index is 13.7. The molecule has 30 nitrogen and oxygen atoms in total. The molecule has 1 spiro atoms. The number of benzene rings is 1. The summed E-state index contributed by atoms with van der Waals surface area (Å²) < 4.78 is 61.5. The molecule has 4 rings (SSSR count). The molecule has 0 unspecified atom stereocenters. The number of alkyl carbamates (subject to hydrolysis) is 1. The fourth-order valence-corrected chi connectivity index (χ4v) is 10.3. The number of hydrogen-bond donors (Lipinski definition) is 10. The van der Waals surface area contributed by atoms with Crippen molar-refractivity contribution in [2.45, 2.75) is 160 Å². The van der Waals surface area contributed by atoms with E-state index in [0.717, 1.165) is 5.57 Å². The summed E-state index contributed by atoms with van der Waals surface area (Å²) in [6.07, 6.45) is 6.79. The highest BCUT2D eigenvalue weighted by molar-refractivity contribution is 9.09. The summed E-state index contributed by atoms with van der Waals surface area (Å²) in [4.78, 5) is 112. The zero-order valence-electron chi connectivity index (χ0n) is 57.0. The highest BCUT2D eigenvalue weighted by Gasteiger charge is 2.58. The van der Waals surface area contributed by atoms with Gasteiger partial charge in [0, 0.05) is 57.7 Å². The lowest BCUT2D eigenvalue weighted by molar-refractivity contribution is -0.145. The van der Waals surface area contributed by atoms with E-state index in [1.54, 1.807) is 51.1 Å². The minimum atomic E-state index is -1.08. The second-order valence-corrected chi connectivity index (χ2v) is 24.6. The second kappa shape index (κ2) is 46.6. The maximum absolute atomic E-state index is 13.7. The Morgan fingerprint density at radius 2 is 1.34 bits per heavy atom. The number of hydrogen-bond acceptors (Lipinski definition) is 21. The van der Waals surface area contributed by atoms with E-state index in [0.29, 0.717) is 103 Å². The topological polar surface area (TPSA) is 401 Å². The average molecular weight is 1440 g/mol. The number of esters is 1. The quantitative estimate of drug-likeness (QED) is 0.0112. The Morgan fingerprint density at radius 1 is 0.732 bits per heavy atom. The van der Waals surface area contributed by atoms with Crippen LogP contribution < -0.4 is 48.3 Å². The summed E-state index contributed by atoms with van der Waals surface area (Å²) >= 11 is 3.07. The molecule has 0 radical (unpaired) electrons. The number of alkyl halides is 1. The second-order valence-electron chi connectivity index (χ2n) is 24.1. The number of allylic oxidation sites excluding steroid dienone is 2. The molecule has 0 bridgehead atoms. The Bertz CT molecular complexity index is 2690. The fraction of sp³-hybridized carbons (Fsp3) is 0.682. The molecule has 3 fully saturated rings. The average Bonchev–Trinajstić information content (AvgIpc) is 1.60. The van der Waals surface area contributed by atoms with Gasteiger partial charge in [0.2, 0.25) is 35.4 Å². The number of carbonyl (C=O) groups excluding carboxylic acids is 9. The number of nitrogens with two attached hydrogens (primary N) is 1. The van der Waals surface area contributed by atoms with E-state index in [-0.39, 0.29) is 125 Å². The van der Waals surface area contributed by atoms with Crippen LogP contribution in [-0.4, -0.2) is 236 Å². The van der Waals surface area contributed by atoms with Crippen molar-refractivity contribution >= 4 is 75.2 Å². The van der Waals surface area contributed by atoms with Gasteiger partial charge in [0.15, 0.2) is 0 Å². The first kappa shape index (κ1) is 82.8. The SMILES string of the molecule is CC(=O)O[C@@H](C)/C=C\C(=O)N[C@@H]1C[C@H](C)[C@H](C/C=C(C)/C=C/[C@H]2O[C@H](CC(=O)NCCNC(=O)OCc3ccc(NC(=O)[C@H](CCCNC(N)=O)NC(=O)[C@@H](NC(=O)CCOCCOCCOCCOCCOCCOCCNC(=O)CBr)C(C)C)cc3)C[C@@]3(CO3)[C@@H]2O)O[C@@H]1C. The Labute approximate surface area is 576 Å². The van der Waals surface area contributed by atoms with E-state index < -0.39 is 77.9 Å². The number of rotatable bonds is 47. The molecular formula is C66H104BrN9O21. The van der Waals surface area contributed by atoms with Gasteiger partial charge >= 0.3 is 18.1 Å². The van der Waals surface area contributed by atoms with E-state index in [9.17, 15) is 48.3 Å². The smallest absolute Gasteiger partial charge is 0.407 e. The van der Waals surface area contributed by atoms with Gasteiger partial charge in [0.1, 0.15) is 42.6 Å². The van der Waals surface area contributed by atoms with Crippen molar-refractivity contribution in [1.29, 1.82) is 0 Å². The molecule has 1 aromatic carbocycles. The first-order valence-corrected chi connectivity index (χ1v) is 34.2. The normalized spacial score (nSPS) is 21.7. The lowest BCUT2D eigenvalue weighted by Crippen LogP contribution is -2.54. The van der Waals surface area contributed by atoms with E-state index in [1.165, 1.54) is 19.1 Å². The van der Waals surface area contributed by atoms with Crippen molar-refractivity contribution in [3.8, 4) is 0 Å². The van der Waals surface area contributed by atoms with Gasteiger partial charge in [-0.15, -0.1) is 0 Å². The molecule has 1 aromatic rings. The predicted molar refractivity (Wildman–Crippen MR) is 359 cm³/mol. The van der Waals surface area contributed by atoms with Crippen LogP contribution >= 0.6 is 15.9 Å². The Balaban J connectivity index is 1.09. The summed E-state index contributed by atoms with van der Waals surface area (Å²) in [7, 11) is 0. The van der Waals surface area contributed by atoms with Crippen molar-refractivity contribution in [3.05, 3.63) is 65.8 Å². The number of aliphatic hydroxyl groups is 1. The van der Waals surface area contributed by atoms with Crippen LogP contribution in [0.25, 0.3) is 0 Å². The highest BCUT2D eigenvalue weighted by atomic mass is 79.9. The summed E-state index contributed by atoms with van der Waals surface area (Å²) in [5, 5.41) is 33.3. The van der Waals surface area contributed by atoms with Crippen LogP contribution in [0.5, 0.6) is 0 Å². The van der Waals surface area contributed by atoms with Crippen LogP contribution in [0.2, 0.25) is 0 Å². The molecule has 546 valence electrons. The number of epoxide rings is 1. The molecule has 9 amide bonds. The molecule has 11 atom stereocenters. The number of aliphatic hydroxyl groups excluding tert-OH is 1. The summed E-state index contributed by atoms with van der Waals surface area (Å²) in [6, 6.07) is 3.46. The molecule has 11 N–H and O–H groups in total. The third-order valence-corrected chi connectivity index (χ3v) is 16.0. The van der Waals surface area contributed by atoms with Gasteiger partial charge in [0.05, 0.1) is 122 Å². The largest absolute Gasteiger partial charge is 0.459 e. The Kier molecular flexibility index (Phi) is 39.8. The zero-order chi connectivity index (χ0) is 71.0. The number of amides is 9. The van der Waals surface area contributed by atoms with E-state index in [1.807, 2.05) is 19.9 Å². The van der Waals surface area contributed by atoms with Gasteiger partial charge in [-0.1, -0.05) is 72.6 Å². The molecule has 0 saturated carbocycles. The third kappa shape index (κ3) is 35.1. The van der Waals surface area contributed by atoms with Crippen molar-refractivity contribution in [3.63, 3.8) is 0 Å². The Hall–Kier alpha value is -6.65. The summed E-state index contributed by atoms with van der Waals surface area (Å²) in [5.74, 6) is -2.95. The number of nitrogens with one attached hydrogen (secondary N) is 8. The monoisotopic (exact) mass is 1440 g/mol. The van der Waals surface area contributed by atoms with Crippen molar-refractivity contribution in [1.82, 2.24) is 37.2 Å². The third-order valence-electron chi connectivity index (χ3n) is 15.5. The molecular weight excluding hydrogens is 1330 g/mol. The molecule has 3 saturated heterocycles. The van der Waals surface area contributed by atoms with Crippen LogP contribution in [0.3, 0.4) is 0 Å². The predicted octanol–water partition coefficient (Wildman–Crippen LogP) is 2.42. The van der Waals surface area contributed by atoms with Gasteiger partial charge in [-0.05, 0) is 82.1 Å². The minimum Gasteiger partial charge on any atom is -0.459 e. The number of primary amides is 1. The van der Waals surface area contributed by atoms with Gasteiger partial charge in [-0.2, -0.15) is 0 Å². The van der Waals surface area contributed by atoms with Crippen molar-refractivity contribution in [2.24, 2.45) is 17.6 Å². The van der Waals surface area contributed by atoms with Crippen LogP contribution in [0, 0.1) is 11.8 Å². The van der Waals surface area contributed by atoms with Crippen LogP contribution in [0.4, 0.5) is 15.3 Å². The zero-order valence-corrected chi connectivity index (χ0v) is 58.6. The number of carbonyl (C=O) groups is 9. The fourth-order valence-electron chi connectivity index (χ4n) is 10.2. The number of urea groups is 1. The van der Waals surface area contributed by atoms with Crippen LogP contribution in [0.1, 0.15) is 99.0 Å². The van der Waals surface area contributed by atoms with Gasteiger partial charge in [-0.25, -0.2) is 9.59 Å². The van der Waals surface area contributed by atoms with E-state index >= 15 is 0 Å². The minimum absolute atomic E-state index is 0.00327. The summed E-state index contributed by atoms with van der Waals surface area (Å²) in [5.41, 5.74) is 6.31. The standard InChI is InChI=1S/C66H104BrN9O21/c1-43(2)60(76-57(79)20-25-87-27-29-89-31-33-91-35-36-92-34-32-90-30-28-88-26-24-70-59(81)40-67)63(84)75-52(9-8-21-71-64(68)85)62(83)73-50-15-13-49(14-16-50)41-93-65(86)72-23-22-69-58(80)38-51-39-66(42-94-66)61(82)55(97-51)18-11-44(3)10-17-54-45(4)37-53(47(6)96-54)74-56(78)19-12-46(5)95-48(7)77/h10-16,18-19,43,45-47,51-55,60-61,82H,8-9,17,20-42H2,1-7H3,(H,69,80)(H,70,81)(H,72,86)(H,73,83)(H,74,78)(H,75,84)(H,76,79)(H3,68,71,85)/b18-11+,19-12-,44-10+/t45-,46-,47+,51+,52-,53+,54-,55+,60-,61+,66+/m0/s1. The maximum Gasteiger partial charge on any atom is 0.407 e. The molecule has 97 heavy (non-hydrogen) atoms. The van der Waals surface area contributed by atoms with E-state index in [2.05, 4.69) is 71.5 Å². The van der Waals surface area contributed by atoms with Gasteiger partial charge in [-0.3, -0.25) is 33.6 Å². The number of halogens is 1.